The zero-order valence-corrected chi connectivity index (χ0v) is 18.3. The van der Waals surface area contributed by atoms with Crippen molar-refractivity contribution in [3.05, 3.63) is 83.4 Å². The molecule has 162 valence electrons. The minimum absolute atomic E-state index is 0.181. The molecule has 4 aromatic rings. The van der Waals surface area contributed by atoms with Crippen LogP contribution in [0.4, 0.5) is 15.6 Å². The van der Waals surface area contributed by atoms with Gasteiger partial charge >= 0.3 is 6.09 Å². The highest BCUT2D eigenvalue weighted by Gasteiger charge is 2.22. The molecule has 32 heavy (non-hydrogen) atoms. The van der Waals surface area contributed by atoms with Crippen LogP contribution in [0.1, 0.15) is 21.5 Å². The highest BCUT2D eigenvalue weighted by molar-refractivity contribution is 7.23. The van der Waals surface area contributed by atoms with Crippen molar-refractivity contribution >= 4 is 44.4 Å². The Hall–Kier alpha value is -3.91. The second-order valence-electron chi connectivity index (χ2n) is 7.16. The Kier molecular flexibility index (Phi) is 6.04. The van der Waals surface area contributed by atoms with Gasteiger partial charge in [-0.2, -0.15) is 0 Å². The standard InChI is InChI=1S/C24H21N3O4S/c1-15-8-10-16(11-9-15)14-27(24(29)30)18-12-13-19(31-2)20-21(18)32-23(25-20)26-22(28)17-6-4-3-5-7-17/h3-13H,14H2,1-2H3,(H,29,30)(H,25,26,28). The Bertz CT molecular complexity index is 1270. The molecule has 7 nitrogen and oxygen atoms in total. The van der Waals surface area contributed by atoms with Gasteiger partial charge in [-0.1, -0.05) is 59.4 Å². The molecule has 0 unspecified atom stereocenters. The van der Waals surface area contributed by atoms with Crippen LogP contribution in [0.5, 0.6) is 5.75 Å². The summed E-state index contributed by atoms with van der Waals surface area (Å²) in [5.74, 6) is 0.209. The number of ether oxygens (including phenoxy) is 1. The number of carbonyl (C=O) groups excluding carboxylic acids is 1. The smallest absolute Gasteiger partial charge is 0.412 e. The zero-order chi connectivity index (χ0) is 22.7. The second kappa shape index (κ2) is 9.07. The maximum absolute atomic E-state index is 12.6. The third-order valence-corrected chi connectivity index (χ3v) is 5.94. The SMILES string of the molecule is COc1ccc(N(Cc2ccc(C)cc2)C(=O)O)c2sc(NC(=O)c3ccccc3)nc12. The summed E-state index contributed by atoms with van der Waals surface area (Å²) in [6.45, 7) is 2.16. The first-order chi connectivity index (χ1) is 15.5. The molecular formula is C24H21N3O4S. The Balaban J connectivity index is 1.72. The largest absolute Gasteiger partial charge is 0.494 e. The van der Waals surface area contributed by atoms with E-state index in [1.165, 1.54) is 23.3 Å². The molecule has 1 heterocycles. The zero-order valence-electron chi connectivity index (χ0n) is 17.5. The van der Waals surface area contributed by atoms with Crippen LogP contribution in [-0.4, -0.2) is 29.2 Å². The normalized spacial score (nSPS) is 10.7. The number of aryl methyl sites for hydroxylation is 1. The van der Waals surface area contributed by atoms with Crippen molar-refractivity contribution in [2.45, 2.75) is 13.5 Å². The summed E-state index contributed by atoms with van der Waals surface area (Å²) >= 11 is 1.21. The van der Waals surface area contributed by atoms with E-state index in [2.05, 4.69) is 10.3 Å². The molecule has 0 saturated carbocycles. The Morgan fingerprint density at radius 3 is 2.44 bits per heavy atom. The average molecular weight is 448 g/mol. The van der Waals surface area contributed by atoms with Crippen LogP contribution in [0.2, 0.25) is 0 Å². The first kappa shape index (κ1) is 21.3. The van der Waals surface area contributed by atoms with Crippen molar-refractivity contribution in [2.24, 2.45) is 0 Å². The molecule has 0 spiro atoms. The number of amides is 2. The topological polar surface area (TPSA) is 91.8 Å². The van der Waals surface area contributed by atoms with Gasteiger partial charge in [0, 0.05) is 5.56 Å². The van der Waals surface area contributed by atoms with Crippen molar-refractivity contribution in [3.8, 4) is 5.75 Å². The molecule has 0 aliphatic rings. The maximum atomic E-state index is 12.6. The molecule has 0 saturated heterocycles. The number of hydrogen-bond acceptors (Lipinski definition) is 5. The van der Waals surface area contributed by atoms with E-state index < -0.39 is 6.09 Å². The van der Waals surface area contributed by atoms with E-state index in [1.807, 2.05) is 37.3 Å². The van der Waals surface area contributed by atoms with E-state index in [-0.39, 0.29) is 12.5 Å². The summed E-state index contributed by atoms with van der Waals surface area (Å²) < 4.78 is 6.04. The maximum Gasteiger partial charge on any atom is 0.412 e. The van der Waals surface area contributed by atoms with Crippen LogP contribution in [0.15, 0.2) is 66.7 Å². The van der Waals surface area contributed by atoms with E-state index in [0.29, 0.717) is 32.3 Å². The number of thiazole rings is 1. The number of fused-ring (bicyclic) bond motifs is 1. The van der Waals surface area contributed by atoms with Gasteiger partial charge in [-0.3, -0.25) is 15.0 Å². The molecule has 2 amide bonds. The van der Waals surface area contributed by atoms with Gasteiger partial charge in [0.2, 0.25) is 0 Å². The number of methoxy groups -OCH3 is 1. The van der Waals surface area contributed by atoms with E-state index >= 15 is 0 Å². The summed E-state index contributed by atoms with van der Waals surface area (Å²) in [6, 6.07) is 19.9. The molecule has 2 N–H and O–H groups in total. The molecule has 0 fully saturated rings. The van der Waals surface area contributed by atoms with Gasteiger partial charge < -0.3 is 9.84 Å². The number of nitrogens with one attached hydrogen (secondary N) is 1. The molecule has 1 aromatic heterocycles. The molecule has 0 aliphatic carbocycles. The number of anilines is 2. The summed E-state index contributed by atoms with van der Waals surface area (Å²) in [5.41, 5.74) is 3.44. The van der Waals surface area contributed by atoms with Gasteiger partial charge in [0.25, 0.3) is 5.91 Å². The van der Waals surface area contributed by atoms with Crippen molar-refractivity contribution < 1.29 is 19.4 Å². The van der Waals surface area contributed by atoms with Crippen LogP contribution in [-0.2, 0) is 6.54 Å². The fourth-order valence-electron chi connectivity index (χ4n) is 3.29. The van der Waals surface area contributed by atoms with Gasteiger partial charge in [0.15, 0.2) is 5.13 Å². The van der Waals surface area contributed by atoms with Crippen molar-refractivity contribution in [2.75, 3.05) is 17.3 Å². The van der Waals surface area contributed by atoms with Crippen molar-refractivity contribution in [1.29, 1.82) is 0 Å². The number of benzene rings is 3. The Labute approximate surface area is 188 Å². The van der Waals surface area contributed by atoms with Crippen LogP contribution < -0.4 is 15.0 Å². The lowest BCUT2D eigenvalue weighted by Gasteiger charge is -2.20. The molecule has 0 radical (unpaired) electrons. The molecular weight excluding hydrogens is 426 g/mol. The molecule has 0 atom stereocenters. The van der Waals surface area contributed by atoms with Crippen LogP contribution in [0, 0.1) is 6.92 Å². The fourth-order valence-corrected chi connectivity index (χ4v) is 4.29. The molecule has 0 aliphatic heterocycles. The molecule has 4 rings (SSSR count). The van der Waals surface area contributed by atoms with E-state index in [0.717, 1.165) is 11.1 Å². The average Bonchev–Trinajstić information content (AvgIpc) is 3.22. The quantitative estimate of drug-likeness (QED) is 0.404. The minimum atomic E-state index is -1.08. The van der Waals surface area contributed by atoms with Crippen LogP contribution >= 0.6 is 11.3 Å². The van der Waals surface area contributed by atoms with Crippen molar-refractivity contribution in [3.63, 3.8) is 0 Å². The number of carboxylic acid groups (broad SMARTS) is 1. The third-order valence-electron chi connectivity index (χ3n) is 4.95. The van der Waals surface area contributed by atoms with Crippen molar-refractivity contribution in [1.82, 2.24) is 4.98 Å². The molecule has 0 bridgehead atoms. The van der Waals surface area contributed by atoms with E-state index in [9.17, 15) is 14.7 Å². The number of rotatable bonds is 6. The monoisotopic (exact) mass is 447 g/mol. The van der Waals surface area contributed by atoms with E-state index in [1.54, 1.807) is 36.4 Å². The number of carbonyl (C=O) groups is 2. The van der Waals surface area contributed by atoms with Gasteiger partial charge in [0.05, 0.1) is 24.0 Å². The first-order valence-corrected chi connectivity index (χ1v) is 10.7. The predicted octanol–water partition coefficient (Wildman–Crippen LogP) is 5.55. The molecule has 8 heteroatoms. The van der Waals surface area contributed by atoms with Gasteiger partial charge in [-0.25, -0.2) is 9.78 Å². The van der Waals surface area contributed by atoms with Gasteiger partial charge in [0.1, 0.15) is 11.3 Å². The summed E-state index contributed by atoms with van der Waals surface area (Å²) in [4.78, 5) is 30.5. The summed E-state index contributed by atoms with van der Waals surface area (Å²) in [6.07, 6.45) is -1.08. The second-order valence-corrected chi connectivity index (χ2v) is 8.16. The lowest BCUT2D eigenvalue weighted by atomic mass is 10.1. The lowest BCUT2D eigenvalue weighted by molar-refractivity contribution is 0.102. The fraction of sp³-hybridized carbons (Fsp3) is 0.125. The highest BCUT2D eigenvalue weighted by atomic mass is 32.1. The van der Waals surface area contributed by atoms with E-state index in [4.69, 9.17) is 4.74 Å². The number of aromatic nitrogens is 1. The van der Waals surface area contributed by atoms with Crippen LogP contribution in [0.3, 0.4) is 0 Å². The number of nitrogens with zero attached hydrogens (tertiary/aromatic N) is 2. The van der Waals surface area contributed by atoms with Gasteiger partial charge in [-0.05, 0) is 36.8 Å². The predicted molar refractivity (Wildman–Crippen MR) is 126 cm³/mol. The van der Waals surface area contributed by atoms with Crippen LogP contribution in [0.25, 0.3) is 10.2 Å². The molecule has 3 aromatic carbocycles. The lowest BCUT2D eigenvalue weighted by Crippen LogP contribution is -2.28. The summed E-state index contributed by atoms with van der Waals surface area (Å²) in [5, 5.41) is 13.1. The Morgan fingerprint density at radius 1 is 1.06 bits per heavy atom. The highest BCUT2D eigenvalue weighted by Crippen LogP contribution is 2.40. The third kappa shape index (κ3) is 4.40. The van der Waals surface area contributed by atoms with Gasteiger partial charge in [-0.15, -0.1) is 0 Å². The number of hydrogen-bond donors (Lipinski definition) is 2. The summed E-state index contributed by atoms with van der Waals surface area (Å²) in [7, 11) is 1.53. The first-order valence-electron chi connectivity index (χ1n) is 9.86. The minimum Gasteiger partial charge on any atom is -0.494 e. The Morgan fingerprint density at radius 2 is 1.78 bits per heavy atom.